The van der Waals surface area contributed by atoms with Gasteiger partial charge in [-0.1, -0.05) is 0 Å². The molecule has 1 aromatic heterocycles. The van der Waals surface area contributed by atoms with Gasteiger partial charge < -0.3 is 14.2 Å². The summed E-state index contributed by atoms with van der Waals surface area (Å²) in [5, 5.41) is 0. The Labute approximate surface area is 150 Å². The summed E-state index contributed by atoms with van der Waals surface area (Å²) in [7, 11) is 0. The SMILES string of the molecule is c1cc(CN2CCOC[C@@]3(C2)CN(C[C@@H]2CCOC2)CCO3)ccn1. The monoisotopic (exact) mass is 347 g/mol. The van der Waals surface area contributed by atoms with Crippen LogP contribution in [-0.4, -0.2) is 86.1 Å². The van der Waals surface area contributed by atoms with E-state index in [1.54, 1.807) is 0 Å². The van der Waals surface area contributed by atoms with E-state index >= 15 is 0 Å². The van der Waals surface area contributed by atoms with Crippen LogP contribution in [0.5, 0.6) is 0 Å². The minimum atomic E-state index is -0.207. The number of hydrogen-bond donors (Lipinski definition) is 0. The number of pyridine rings is 1. The van der Waals surface area contributed by atoms with E-state index in [0.717, 1.165) is 65.7 Å². The van der Waals surface area contributed by atoms with Crippen molar-refractivity contribution in [3.8, 4) is 0 Å². The van der Waals surface area contributed by atoms with Gasteiger partial charge in [-0.3, -0.25) is 14.8 Å². The van der Waals surface area contributed by atoms with Crippen molar-refractivity contribution in [1.82, 2.24) is 14.8 Å². The van der Waals surface area contributed by atoms with Crippen molar-refractivity contribution in [3.05, 3.63) is 30.1 Å². The second-order valence-electron chi connectivity index (χ2n) is 7.61. The number of rotatable bonds is 4. The van der Waals surface area contributed by atoms with Crippen molar-refractivity contribution in [1.29, 1.82) is 0 Å². The minimum Gasteiger partial charge on any atom is -0.381 e. The van der Waals surface area contributed by atoms with E-state index in [2.05, 4.69) is 26.9 Å². The molecule has 0 unspecified atom stereocenters. The van der Waals surface area contributed by atoms with Gasteiger partial charge in [-0.05, 0) is 30.0 Å². The number of aromatic nitrogens is 1. The molecule has 0 saturated carbocycles. The molecule has 3 aliphatic heterocycles. The number of nitrogens with zero attached hydrogens (tertiary/aromatic N) is 3. The Kier molecular flexibility index (Phi) is 5.63. The van der Waals surface area contributed by atoms with Gasteiger partial charge in [0.2, 0.25) is 0 Å². The molecule has 0 radical (unpaired) electrons. The third-order valence-corrected chi connectivity index (χ3v) is 5.45. The molecule has 0 aliphatic carbocycles. The quantitative estimate of drug-likeness (QED) is 0.811. The molecule has 1 spiro atoms. The van der Waals surface area contributed by atoms with Gasteiger partial charge in [0.05, 0.1) is 26.4 Å². The molecule has 0 N–H and O–H groups in total. The standard InChI is InChI=1S/C19H29N3O3/c1-4-20-5-2-17(1)11-21-6-9-24-16-19(14-21)15-22(7-10-25-19)12-18-3-8-23-13-18/h1-2,4-5,18H,3,6-16H2/t18-,19+/m0/s1. The van der Waals surface area contributed by atoms with Crippen LogP contribution in [0.15, 0.2) is 24.5 Å². The van der Waals surface area contributed by atoms with E-state index in [0.29, 0.717) is 12.5 Å². The Hall–Kier alpha value is -1.05. The third-order valence-electron chi connectivity index (χ3n) is 5.45. The van der Waals surface area contributed by atoms with Crippen LogP contribution in [-0.2, 0) is 20.8 Å². The summed E-state index contributed by atoms with van der Waals surface area (Å²) in [6, 6.07) is 4.18. The summed E-state index contributed by atoms with van der Waals surface area (Å²) in [5.74, 6) is 0.676. The Balaban J connectivity index is 1.39. The maximum atomic E-state index is 6.30. The van der Waals surface area contributed by atoms with Crippen molar-refractivity contribution < 1.29 is 14.2 Å². The fourth-order valence-electron chi connectivity index (χ4n) is 4.22. The van der Waals surface area contributed by atoms with E-state index < -0.39 is 0 Å². The molecular weight excluding hydrogens is 318 g/mol. The van der Waals surface area contributed by atoms with Crippen molar-refractivity contribution in [2.75, 3.05) is 65.8 Å². The molecule has 6 heteroatoms. The van der Waals surface area contributed by atoms with Gasteiger partial charge in [-0.25, -0.2) is 0 Å². The smallest absolute Gasteiger partial charge is 0.117 e. The van der Waals surface area contributed by atoms with E-state index in [4.69, 9.17) is 14.2 Å². The molecule has 2 atom stereocenters. The summed E-state index contributed by atoms with van der Waals surface area (Å²) in [6.45, 7) is 9.97. The lowest BCUT2D eigenvalue weighted by molar-refractivity contribution is -0.143. The lowest BCUT2D eigenvalue weighted by Crippen LogP contribution is -2.59. The lowest BCUT2D eigenvalue weighted by atomic mass is 9.99. The second-order valence-corrected chi connectivity index (χ2v) is 7.61. The van der Waals surface area contributed by atoms with E-state index in [1.807, 2.05) is 12.4 Å². The largest absolute Gasteiger partial charge is 0.381 e. The van der Waals surface area contributed by atoms with Crippen LogP contribution in [0, 0.1) is 5.92 Å². The highest BCUT2D eigenvalue weighted by molar-refractivity contribution is 5.10. The molecule has 1 aromatic rings. The van der Waals surface area contributed by atoms with E-state index in [9.17, 15) is 0 Å². The van der Waals surface area contributed by atoms with Crippen LogP contribution in [0.25, 0.3) is 0 Å². The fraction of sp³-hybridized carbons (Fsp3) is 0.737. The molecule has 0 aromatic carbocycles. The van der Waals surface area contributed by atoms with E-state index in [-0.39, 0.29) is 5.60 Å². The minimum absolute atomic E-state index is 0.207. The molecule has 0 bridgehead atoms. The molecule has 4 heterocycles. The van der Waals surface area contributed by atoms with E-state index in [1.165, 1.54) is 12.0 Å². The third kappa shape index (κ3) is 4.57. The highest BCUT2D eigenvalue weighted by atomic mass is 16.5. The lowest BCUT2D eigenvalue weighted by Gasteiger charge is -2.44. The normalized spacial score (nSPS) is 32.1. The Morgan fingerprint density at radius 1 is 1.04 bits per heavy atom. The topological polar surface area (TPSA) is 47.1 Å². The predicted octanol–water partition coefficient (Wildman–Crippen LogP) is 1.02. The second kappa shape index (κ2) is 8.10. The first kappa shape index (κ1) is 17.4. The van der Waals surface area contributed by atoms with Gasteiger partial charge in [-0.15, -0.1) is 0 Å². The zero-order chi connectivity index (χ0) is 17.0. The van der Waals surface area contributed by atoms with Gasteiger partial charge in [0, 0.05) is 58.3 Å². The average molecular weight is 347 g/mol. The van der Waals surface area contributed by atoms with Crippen LogP contribution in [0.1, 0.15) is 12.0 Å². The summed E-state index contributed by atoms with van der Waals surface area (Å²) in [5.41, 5.74) is 1.09. The number of hydrogen-bond acceptors (Lipinski definition) is 6. The summed E-state index contributed by atoms with van der Waals surface area (Å²) >= 11 is 0. The number of ether oxygens (including phenoxy) is 3. The molecule has 6 nitrogen and oxygen atoms in total. The highest BCUT2D eigenvalue weighted by Crippen LogP contribution is 2.25. The first-order valence-electron chi connectivity index (χ1n) is 9.44. The maximum absolute atomic E-state index is 6.30. The van der Waals surface area contributed by atoms with Crippen LogP contribution < -0.4 is 0 Å². The van der Waals surface area contributed by atoms with Gasteiger partial charge in [0.25, 0.3) is 0 Å². The van der Waals surface area contributed by atoms with Crippen molar-refractivity contribution in [2.45, 2.75) is 18.6 Å². The number of morpholine rings is 1. The fourth-order valence-corrected chi connectivity index (χ4v) is 4.22. The van der Waals surface area contributed by atoms with Crippen LogP contribution in [0.4, 0.5) is 0 Å². The van der Waals surface area contributed by atoms with Crippen molar-refractivity contribution >= 4 is 0 Å². The molecule has 138 valence electrons. The molecule has 3 fully saturated rings. The van der Waals surface area contributed by atoms with Gasteiger partial charge >= 0.3 is 0 Å². The summed E-state index contributed by atoms with van der Waals surface area (Å²) in [6.07, 6.45) is 4.92. The summed E-state index contributed by atoms with van der Waals surface area (Å²) in [4.78, 5) is 9.13. The molecule has 25 heavy (non-hydrogen) atoms. The zero-order valence-electron chi connectivity index (χ0n) is 14.9. The van der Waals surface area contributed by atoms with Crippen molar-refractivity contribution in [3.63, 3.8) is 0 Å². The Morgan fingerprint density at radius 3 is 2.72 bits per heavy atom. The highest BCUT2D eigenvalue weighted by Gasteiger charge is 2.40. The van der Waals surface area contributed by atoms with Crippen LogP contribution in [0.2, 0.25) is 0 Å². The summed E-state index contributed by atoms with van der Waals surface area (Å²) < 4.78 is 17.8. The molecule has 0 amide bonds. The predicted molar refractivity (Wildman–Crippen MR) is 94.4 cm³/mol. The Bertz CT molecular complexity index is 538. The first-order valence-corrected chi connectivity index (χ1v) is 9.44. The van der Waals surface area contributed by atoms with Crippen LogP contribution >= 0.6 is 0 Å². The van der Waals surface area contributed by atoms with Crippen LogP contribution in [0.3, 0.4) is 0 Å². The molecule has 4 rings (SSSR count). The first-order chi connectivity index (χ1) is 12.3. The maximum Gasteiger partial charge on any atom is 0.117 e. The van der Waals surface area contributed by atoms with Gasteiger partial charge in [0.1, 0.15) is 5.60 Å². The van der Waals surface area contributed by atoms with Gasteiger partial charge in [-0.2, -0.15) is 0 Å². The van der Waals surface area contributed by atoms with Gasteiger partial charge in [0.15, 0.2) is 0 Å². The molecule has 3 saturated heterocycles. The van der Waals surface area contributed by atoms with Crippen molar-refractivity contribution in [2.24, 2.45) is 5.92 Å². The zero-order valence-corrected chi connectivity index (χ0v) is 14.9. The average Bonchev–Trinajstić information content (AvgIpc) is 3.05. The molecular formula is C19H29N3O3. The molecule has 3 aliphatic rings. The Morgan fingerprint density at radius 2 is 1.88 bits per heavy atom.